The molecule has 1 aromatic heterocycles. The lowest BCUT2D eigenvalue weighted by molar-refractivity contribution is 0.263. The molecule has 0 radical (unpaired) electrons. The van der Waals surface area contributed by atoms with Gasteiger partial charge in [-0.1, -0.05) is 30.3 Å². The van der Waals surface area contributed by atoms with Crippen LogP contribution in [-0.4, -0.2) is 23.0 Å². The number of aryl methyl sites for hydroxylation is 1. The highest BCUT2D eigenvalue weighted by Gasteiger charge is 2.08. The third-order valence-electron chi connectivity index (χ3n) is 3.24. The van der Waals surface area contributed by atoms with Gasteiger partial charge in [-0.15, -0.1) is 0 Å². The smallest absolute Gasteiger partial charge is 0.0315 e. The monoisotopic (exact) mass is 255 g/mol. The van der Waals surface area contributed by atoms with Gasteiger partial charge in [0.05, 0.1) is 0 Å². The van der Waals surface area contributed by atoms with Crippen molar-refractivity contribution in [2.75, 3.05) is 13.1 Å². The fourth-order valence-corrected chi connectivity index (χ4v) is 2.14. The fraction of sp³-hybridized carbons (Fsp3) is 0.312. The summed E-state index contributed by atoms with van der Waals surface area (Å²) < 4.78 is 0. The van der Waals surface area contributed by atoms with E-state index in [9.17, 15) is 0 Å². The molecule has 1 aromatic carbocycles. The van der Waals surface area contributed by atoms with Gasteiger partial charge in [-0.05, 0) is 29.7 Å². The Bertz CT molecular complexity index is 496. The number of hydrogen-bond acceptors (Lipinski definition) is 3. The number of pyridine rings is 1. The summed E-state index contributed by atoms with van der Waals surface area (Å²) in [5.41, 5.74) is 9.59. The van der Waals surface area contributed by atoms with Gasteiger partial charge in [-0.3, -0.25) is 9.88 Å². The Kier molecular flexibility index (Phi) is 5.07. The molecule has 2 aromatic rings. The summed E-state index contributed by atoms with van der Waals surface area (Å²) in [6.45, 7) is 5.51. The standard InChI is InChI=1S/C16H21N3/c1-14-7-9-18-11-16(14)13-19(10-8-17)12-15-5-3-2-4-6-15/h2-7,9,11H,8,10,12-13,17H2,1H3. The van der Waals surface area contributed by atoms with Crippen molar-refractivity contribution < 1.29 is 0 Å². The van der Waals surface area contributed by atoms with Crippen molar-refractivity contribution >= 4 is 0 Å². The van der Waals surface area contributed by atoms with Gasteiger partial charge in [0.2, 0.25) is 0 Å². The summed E-state index contributed by atoms with van der Waals surface area (Å²) in [5.74, 6) is 0. The van der Waals surface area contributed by atoms with E-state index in [-0.39, 0.29) is 0 Å². The number of hydrogen-bond donors (Lipinski definition) is 1. The summed E-state index contributed by atoms with van der Waals surface area (Å²) in [5, 5.41) is 0. The Balaban J connectivity index is 2.06. The van der Waals surface area contributed by atoms with Crippen LogP contribution in [0.5, 0.6) is 0 Å². The third kappa shape index (κ3) is 4.16. The topological polar surface area (TPSA) is 42.2 Å². The molecule has 1 heterocycles. The maximum Gasteiger partial charge on any atom is 0.0315 e. The molecule has 0 bridgehead atoms. The van der Waals surface area contributed by atoms with Crippen molar-refractivity contribution in [2.45, 2.75) is 20.0 Å². The maximum absolute atomic E-state index is 5.72. The first-order chi connectivity index (χ1) is 9.29. The molecule has 0 amide bonds. The van der Waals surface area contributed by atoms with Crippen LogP contribution in [0, 0.1) is 6.92 Å². The molecule has 0 aliphatic rings. The van der Waals surface area contributed by atoms with Crippen LogP contribution in [0.15, 0.2) is 48.8 Å². The number of nitrogens with zero attached hydrogens (tertiary/aromatic N) is 2. The third-order valence-corrected chi connectivity index (χ3v) is 3.24. The van der Waals surface area contributed by atoms with Gasteiger partial charge in [0, 0.05) is 38.6 Å². The van der Waals surface area contributed by atoms with E-state index in [4.69, 9.17) is 5.73 Å². The van der Waals surface area contributed by atoms with Gasteiger partial charge in [0.1, 0.15) is 0 Å². The second-order valence-corrected chi connectivity index (χ2v) is 4.79. The molecular weight excluding hydrogens is 234 g/mol. The van der Waals surface area contributed by atoms with Crippen molar-refractivity contribution in [1.82, 2.24) is 9.88 Å². The molecule has 3 heteroatoms. The molecule has 0 atom stereocenters. The van der Waals surface area contributed by atoms with E-state index in [2.05, 4.69) is 47.1 Å². The molecule has 3 nitrogen and oxygen atoms in total. The van der Waals surface area contributed by atoms with Gasteiger partial charge < -0.3 is 5.73 Å². The highest BCUT2D eigenvalue weighted by Crippen LogP contribution is 2.11. The molecule has 0 saturated carbocycles. The minimum Gasteiger partial charge on any atom is -0.329 e. The fourth-order valence-electron chi connectivity index (χ4n) is 2.14. The van der Waals surface area contributed by atoms with Crippen molar-refractivity contribution in [3.05, 3.63) is 65.5 Å². The number of rotatable bonds is 6. The SMILES string of the molecule is Cc1ccncc1CN(CCN)Cc1ccccc1. The van der Waals surface area contributed by atoms with Crippen LogP contribution in [-0.2, 0) is 13.1 Å². The second-order valence-electron chi connectivity index (χ2n) is 4.79. The van der Waals surface area contributed by atoms with Gasteiger partial charge in [-0.25, -0.2) is 0 Å². The van der Waals surface area contributed by atoms with E-state index in [1.807, 2.05) is 18.5 Å². The van der Waals surface area contributed by atoms with E-state index >= 15 is 0 Å². The highest BCUT2D eigenvalue weighted by atomic mass is 15.1. The summed E-state index contributed by atoms with van der Waals surface area (Å²) >= 11 is 0. The maximum atomic E-state index is 5.72. The zero-order chi connectivity index (χ0) is 13.5. The first kappa shape index (κ1) is 13.7. The van der Waals surface area contributed by atoms with Crippen LogP contribution in [0.2, 0.25) is 0 Å². The van der Waals surface area contributed by atoms with Crippen LogP contribution in [0.1, 0.15) is 16.7 Å². The first-order valence-electron chi connectivity index (χ1n) is 6.65. The lowest BCUT2D eigenvalue weighted by Crippen LogP contribution is -2.29. The molecule has 2 N–H and O–H groups in total. The Morgan fingerprint density at radius 2 is 1.89 bits per heavy atom. The van der Waals surface area contributed by atoms with Crippen LogP contribution in [0.25, 0.3) is 0 Å². The van der Waals surface area contributed by atoms with E-state index in [1.165, 1.54) is 16.7 Å². The number of benzene rings is 1. The Morgan fingerprint density at radius 1 is 1.11 bits per heavy atom. The van der Waals surface area contributed by atoms with Crippen LogP contribution in [0.4, 0.5) is 0 Å². The van der Waals surface area contributed by atoms with E-state index in [0.29, 0.717) is 6.54 Å². The number of nitrogens with two attached hydrogens (primary N) is 1. The second kappa shape index (κ2) is 7.02. The van der Waals surface area contributed by atoms with Crippen LogP contribution >= 0.6 is 0 Å². The van der Waals surface area contributed by atoms with Crippen molar-refractivity contribution in [2.24, 2.45) is 5.73 Å². The number of aromatic nitrogens is 1. The minimum absolute atomic E-state index is 0.673. The van der Waals surface area contributed by atoms with Crippen LogP contribution in [0.3, 0.4) is 0 Å². The van der Waals surface area contributed by atoms with E-state index in [0.717, 1.165) is 19.6 Å². The summed E-state index contributed by atoms with van der Waals surface area (Å²) in [6, 6.07) is 12.6. The molecular formula is C16H21N3. The molecule has 0 fully saturated rings. The largest absolute Gasteiger partial charge is 0.329 e. The lowest BCUT2D eigenvalue weighted by Gasteiger charge is -2.22. The highest BCUT2D eigenvalue weighted by molar-refractivity contribution is 5.21. The van der Waals surface area contributed by atoms with Crippen molar-refractivity contribution in [1.29, 1.82) is 0 Å². The molecule has 0 aliphatic heterocycles. The molecule has 0 aliphatic carbocycles. The molecule has 0 spiro atoms. The van der Waals surface area contributed by atoms with Crippen molar-refractivity contribution in [3.63, 3.8) is 0 Å². The molecule has 100 valence electrons. The first-order valence-corrected chi connectivity index (χ1v) is 6.65. The average Bonchev–Trinajstić information content (AvgIpc) is 2.43. The van der Waals surface area contributed by atoms with Crippen molar-refractivity contribution in [3.8, 4) is 0 Å². The Hall–Kier alpha value is -1.71. The predicted octanol–water partition coefficient (Wildman–Crippen LogP) is 2.35. The van der Waals surface area contributed by atoms with E-state index in [1.54, 1.807) is 0 Å². The van der Waals surface area contributed by atoms with E-state index < -0.39 is 0 Å². The lowest BCUT2D eigenvalue weighted by atomic mass is 10.1. The molecule has 0 saturated heterocycles. The average molecular weight is 255 g/mol. The summed E-state index contributed by atoms with van der Waals surface area (Å²) in [4.78, 5) is 6.57. The van der Waals surface area contributed by atoms with Gasteiger partial charge in [0.25, 0.3) is 0 Å². The summed E-state index contributed by atoms with van der Waals surface area (Å²) in [6.07, 6.45) is 3.78. The zero-order valence-corrected chi connectivity index (χ0v) is 11.4. The Labute approximate surface area is 115 Å². The quantitative estimate of drug-likeness (QED) is 0.861. The normalized spacial score (nSPS) is 10.9. The van der Waals surface area contributed by atoms with Gasteiger partial charge in [-0.2, -0.15) is 0 Å². The molecule has 0 unspecified atom stereocenters. The van der Waals surface area contributed by atoms with Gasteiger partial charge in [0.15, 0.2) is 0 Å². The summed E-state index contributed by atoms with van der Waals surface area (Å²) in [7, 11) is 0. The Morgan fingerprint density at radius 3 is 2.58 bits per heavy atom. The zero-order valence-electron chi connectivity index (χ0n) is 11.4. The molecule has 2 rings (SSSR count). The minimum atomic E-state index is 0.673. The van der Waals surface area contributed by atoms with Gasteiger partial charge >= 0.3 is 0 Å². The predicted molar refractivity (Wildman–Crippen MR) is 78.6 cm³/mol. The van der Waals surface area contributed by atoms with Crippen LogP contribution < -0.4 is 5.73 Å². The molecule has 19 heavy (non-hydrogen) atoms.